The molecule has 0 atom stereocenters. The summed E-state index contributed by atoms with van der Waals surface area (Å²) in [5.74, 6) is 0.610. The fourth-order valence-electron chi connectivity index (χ4n) is 0.886. The van der Waals surface area contributed by atoms with E-state index in [-0.39, 0.29) is 5.82 Å². The molecule has 0 aliphatic heterocycles. The Bertz CT molecular complexity index is 299. The molecule has 0 radical (unpaired) electrons. The Labute approximate surface area is 81.8 Å². The van der Waals surface area contributed by atoms with Crippen LogP contribution >= 0.6 is 11.8 Å². The lowest BCUT2D eigenvalue weighted by molar-refractivity contribution is 0.603. The van der Waals surface area contributed by atoms with Crippen molar-refractivity contribution in [3.05, 3.63) is 36.7 Å². The van der Waals surface area contributed by atoms with E-state index in [2.05, 4.69) is 6.58 Å². The molecule has 70 valence electrons. The van der Waals surface area contributed by atoms with E-state index in [1.807, 2.05) is 6.08 Å². The van der Waals surface area contributed by atoms with Crippen molar-refractivity contribution in [3.8, 4) is 0 Å². The standard InChI is InChI=1S/C10H12FNS/c1-2-3-6-13-10-5-4-8(12)7-9(10)11/h2,4-5,7H,1,3,6,12H2. The van der Waals surface area contributed by atoms with Crippen molar-refractivity contribution >= 4 is 17.4 Å². The quantitative estimate of drug-likeness (QED) is 0.347. The van der Waals surface area contributed by atoms with Crippen LogP contribution in [0.5, 0.6) is 0 Å². The Morgan fingerprint density at radius 3 is 2.92 bits per heavy atom. The molecule has 0 bridgehead atoms. The van der Waals surface area contributed by atoms with E-state index < -0.39 is 0 Å². The third-order valence-electron chi connectivity index (χ3n) is 1.54. The van der Waals surface area contributed by atoms with Gasteiger partial charge in [0, 0.05) is 16.3 Å². The molecule has 0 aliphatic carbocycles. The van der Waals surface area contributed by atoms with Crippen LogP contribution in [0.15, 0.2) is 35.7 Å². The molecule has 13 heavy (non-hydrogen) atoms. The van der Waals surface area contributed by atoms with Gasteiger partial charge in [-0.3, -0.25) is 0 Å². The van der Waals surface area contributed by atoms with E-state index in [1.165, 1.54) is 17.8 Å². The van der Waals surface area contributed by atoms with Crippen molar-refractivity contribution in [2.75, 3.05) is 11.5 Å². The predicted octanol–water partition coefficient (Wildman–Crippen LogP) is 3.08. The van der Waals surface area contributed by atoms with Crippen molar-refractivity contribution in [1.29, 1.82) is 0 Å². The minimum atomic E-state index is -0.242. The molecule has 1 aromatic carbocycles. The highest BCUT2D eigenvalue weighted by atomic mass is 32.2. The summed E-state index contributed by atoms with van der Waals surface area (Å²) < 4.78 is 13.2. The van der Waals surface area contributed by atoms with Crippen LogP contribution in [0.4, 0.5) is 10.1 Å². The summed E-state index contributed by atoms with van der Waals surface area (Å²) in [5.41, 5.74) is 5.88. The monoisotopic (exact) mass is 197 g/mol. The average molecular weight is 197 g/mol. The molecule has 3 heteroatoms. The van der Waals surface area contributed by atoms with Crippen molar-refractivity contribution in [2.45, 2.75) is 11.3 Å². The maximum atomic E-state index is 13.2. The van der Waals surface area contributed by atoms with Crippen LogP contribution in [0.2, 0.25) is 0 Å². The van der Waals surface area contributed by atoms with Crippen LogP contribution < -0.4 is 5.73 Å². The highest BCUT2D eigenvalue weighted by Gasteiger charge is 2.01. The summed E-state index contributed by atoms with van der Waals surface area (Å²) in [6, 6.07) is 4.76. The van der Waals surface area contributed by atoms with Gasteiger partial charge < -0.3 is 5.73 Å². The second-order valence-electron chi connectivity index (χ2n) is 2.62. The second kappa shape index (κ2) is 4.92. The van der Waals surface area contributed by atoms with Crippen molar-refractivity contribution in [1.82, 2.24) is 0 Å². The van der Waals surface area contributed by atoms with E-state index in [9.17, 15) is 4.39 Å². The maximum absolute atomic E-state index is 13.2. The van der Waals surface area contributed by atoms with Crippen molar-refractivity contribution in [2.24, 2.45) is 0 Å². The molecule has 0 aromatic heterocycles. The van der Waals surface area contributed by atoms with Crippen LogP contribution in [0.1, 0.15) is 6.42 Å². The number of nitrogen functional groups attached to an aromatic ring is 1. The fourth-order valence-corrected chi connectivity index (χ4v) is 1.75. The van der Waals surface area contributed by atoms with E-state index in [0.29, 0.717) is 10.6 Å². The molecule has 0 saturated carbocycles. The normalized spacial score (nSPS) is 9.92. The molecule has 0 amide bonds. The van der Waals surface area contributed by atoms with Crippen LogP contribution in [-0.2, 0) is 0 Å². The van der Waals surface area contributed by atoms with Gasteiger partial charge in [-0.15, -0.1) is 18.3 Å². The topological polar surface area (TPSA) is 26.0 Å². The number of nitrogens with two attached hydrogens (primary N) is 1. The highest BCUT2D eigenvalue weighted by Crippen LogP contribution is 2.23. The smallest absolute Gasteiger partial charge is 0.138 e. The van der Waals surface area contributed by atoms with Gasteiger partial charge in [-0.2, -0.15) is 0 Å². The Morgan fingerprint density at radius 1 is 1.54 bits per heavy atom. The lowest BCUT2D eigenvalue weighted by atomic mass is 10.3. The molecule has 0 unspecified atom stereocenters. The first-order valence-corrected chi connectivity index (χ1v) is 5.01. The zero-order chi connectivity index (χ0) is 9.68. The van der Waals surface area contributed by atoms with Crippen LogP contribution in [0, 0.1) is 5.82 Å². The molecule has 1 rings (SSSR count). The van der Waals surface area contributed by atoms with Crippen LogP contribution in [0.3, 0.4) is 0 Å². The Balaban J connectivity index is 2.61. The van der Waals surface area contributed by atoms with Gasteiger partial charge in [-0.1, -0.05) is 6.08 Å². The lowest BCUT2D eigenvalue weighted by Crippen LogP contribution is -1.88. The van der Waals surface area contributed by atoms with Gasteiger partial charge in [0.25, 0.3) is 0 Å². The molecular weight excluding hydrogens is 185 g/mol. The SMILES string of the molecule is C=CCCSc1ccc(N)cc1F. The number of hydrogen-bond donors (Lipinski definition) is 1. The summed E-state index contributed by atoms with van der Waals surface area (Å²) in [5, 5.41) is 0. The van der Waals surface area contributed by atoms with Gasteiger partial charge in [0.1, 0.15) is 5.82 Å². The van der Waals surface area contributed by atoms with Crippen molar-refractivity contribution < 1.29 is 4.39 Å². The summed E-state index contributed by atoms with van der Waals surface area (Å²) in [6.45, 7) is 3.60. The number of rotatable bonds is 4. The maximum Gasteiger partial charge on any atom is 0.138 e. The summed E-state index contributed by atoms with van der Waals surface area (Å²) in [6.07, 6.45) is 2.71. The van der Waals surface area contributed by atoms with Crippen LogP contribution in [0.25, 0.3) is 0 Å². The molecule has 0 fully saturated rings. The molecule has 0 spiro atoms. The van der Waals surface area contributed by atoms with E-state index in [1.54, 1.807) is 12.1 Å². The Kier molecular flexibility index (Phi) is 3.83. The van der Waals surface area contributed by atoms with Crippen molar-refractivity contribution in [3.63, 3.8) is 0 Å². The Morgan fingerprint density at radius 2 is 2.31 bits per heavy atom. The minimum absolute atomic E-state index is 0.242. The second-order valence-corrected chi connectivity index (χ2v) is 3.75. The van der Waals surface area contributed by atoms with E-state index in [4.69, 9.17) is 5.73 Å². The number of allylic oxidation sites excluding steroid dienone is 1. The summed E-state index contributed by atoms with van der Waals surface area (Å²) in [7, 11) is 0. The first-order valence-electron chi connectivity index (χ1n) is 4.02. The van der Waals surface area contributed by atoms with Gasteiger partial charge in [-0.25, -0.2) is 4.39 Å². The number of anilines is 1. The van der Waals surface area contributed by atoms with Gasteiger partial charge >= 0.3 is 0 Å². The number of thioether (sulfide) groups is 1. The molecule has 0 aliphatic rings. The molecule has 1 aromatic rings. The van der Waals surface area contributed by atoms with Crippen LogP contribution in [-0.4, -0.2) is 5.75 Å². The summed E-state index contributed by atoms with van der Waals surface area (Å²) >= 11 is 1.48. The molecule has 1 nitrogen and oxygen atoms in total. The van der Waals surface area contributed by atoms with E-state index in [0.717, 1.165) is 12.2 Å². The number of benzene rings is 1. The number of halogens is 1. The molecule has 0 saturated heterocycles. The largest absolute Gasteiger partial charge is 0.399 e. The van der Waals surface area contributed by atoms with Gasteiger partial charge in [-0.05, 0) is 24.6 Å². The van der Waals surface area contributed by atoms with Gasteiger partial charge in [0.2, 0.25) is 0 Å². The highest BCUT2D eigenvalue weighted by molar-refractivity contribution is 7.99. The van der Waals surface area contributed by atoms with Gasteiger partial charge in [0.15, 0.2) is 0 Å². The number of hydrogen-bond acceptors (Lipinski definition) is 2. The average Bonchev–Trinajstić information content (AvgIpc) is 2.09. The zero-order valence-corrected chi connectivity index (χ0v) is 8.11. The molecular formula is C10H12FNS. The zero-order valence-electron chi connectivity index (χ0n) is 7.29. The first-order chi connectivity index (χ1) is 6.24. The van der Waals surface area contributed by atoms with Gasteiger partial charge in [0.05, 0.1) is 0 Å². The third kappa shape index (κ3) is 3.11. The predicted molar refractivity (Wildman–Crippen MR) is 56.4 cm³/mol. The lowest BCUT2D eigenvalue weighted by Gasteiger charge is -2.02. The Hall–Kier alpha value is -0.960. The molecule has 0 heterocycles. The third-order valence-corrected chi connectivity index (χ3v) is 2.62. The van der Waals surface area contributed by atoms with E-state index >= 15 is 0 Å². The minimum Gasteiger partial charge on any atom is -0.399 e. The molecule has 2 N–H and O–H groups in total. The summed E-state index contributed by atoms with van der Waals surface area (Å²) in [4.78, 5) is 0.649. The first kappa shape index (κ1) is 10.1. The fraction of sp³-hybridized carbons (Fsp3) is 0.200.